The minimum absolute atomic E-state index is 0.171. The molecule has 0 aliphatic carbocycles. The van der Waals surface area contributed by atoms with Gasteiger partial charge in [-0.15, -0.1) is 0 Å². The van der Waals surface area contributed by atoms with Crippen LogP contribution in [0.3, 0.4) is 0 Å². The van der Waals surface area contributed by atoms with Gasteiger partial charge in [0.15, 0.2) is 0 Å². The number of carbonyl (C=O) groups excluding carboxylic acids is 1. The summed E-state index contributed by atoms with van der Waals surface area (Å²) < 4.78 is 0. The number of rotatable bonds is 12. The molecule has 8 heteroatoms. The topological polar surface area (TPSA) is 125 Å². The van der Waals surface area contributed by atoms with Crippen molar-refractivity contribution in [2.24, 2.45) is 0 Å². The number of carboxylic acids is 2. The summed E-state index contributed by atoms with van der Waals surface area (Å²) in [5, 5.41) is 19.5. The second-order valence-corrected chi connectivity index (χ2v) is 4.21. The minimum Gasteiger partial charge on any atom is -0.481 e. The number of hydrogen-bond donors (Lipinski definition) is 4. The molecule has 0 spiro atoms. The van der Waals surface area contributed by atoms with Crippen molar-refractivity contribution in [3.63, 3.8) is 0 Å². The van der Waals surface area contributed by atoms with E-state index in [0.717, 1.165) is 19.4 Å². The molecule has 4 N–H and O–H groups in total. The fraction of sp³-hybridized carbons (Fsp3) is 0.750. The number of unbranched alkanes of at least 4 members (excludes halogenated alkanes) is 2. The highest BCUT2D eigenvalue weighted by molar-refractivity contribution is 5.86. The molecule has 1 atom stereocenters. The Morgan fingerprint density at radius 2 is 1.85 bits per heavy atom. The monoisotopic (exact) mass is 290 g/mol. The Balaban J connectivity index is 3.75. The van der Waals surface area contributed by atoms with Gasteiger partial charge in [0.1, 0.15) is 6.04 Å². The molecular formula is C12H22N2O6. The van der Waals surface area contributed by atoms with Gasteiger partial charge >= 0.3 is 11.9 Å². The Hall–Kier alpha value is -1.67. The van der Waals surface area contributed by atoms with Crippen LogP contribution in [0.2, 0.25) is 0 Å². The third kappa shape index (κ3) is 10.3. The van der Waals surface area contributed by atoms with Gasteiger partial charge in [-0.2, -0.15) is 0 Å². The molecule has 8 nitrogen and oxygen atoms in total. The van der Waals surface area contributed by atoms with Gasteiger partial charge in [0.05, 0.1) is 13.0 Å². The van der Waals surface area contributed by atoms with Crippen LogP contribution in [0.15, 0.2) is 0 Å². The molecule has 0 aromatic rings. The minimum atomic E-state index is -1.38. The standard InChI is InChI=1S/C12H22N2O6/c1-2-13-20-7-5-3-4-6-10(15)14-9(12(18)19)8-11(16)17/h9,13H,2-8H2,1H3,(H,14,15)(H,16,17)(H,18,19). The summed E-state index contributed by atoms with van der Waals surface area (Å²) in [6.45, 7) is 3.19. The Morgan fingerprint density at radius 3 is 2.40 bits per heavy atom. The molecule has 0 saturated carbocycles. The molecule has 0 aliphatic rings. The number of nitrogens with one attached hydrogen (secondary N) is 2. The summed E-state index contributed by atoms with van der Waals surface area (Å²) in [7, 11) is 0. The van der Waals surface area contributed by atoms with Crippen molar-refractivity contribution in [1.29, 1.82) is 0 Å². The van der Waals surface area contributed by atoms with Crippen LogP contribution in [-0.2, 0) is 19.2 Å². The lowest BCUT2D eigenvalue weighted by Gasteiger charge is -2.12. The van der Waals surface area contributed by atoms with E-state index in [4.69, 9.17) is 15.1 Å². The van der Waals surface area contributed by atoms with E-state index in [2.05, 4.69) is 10.8 Å². The van der Waals surface area contributed by atoms with Crippen LogP contribution < -0.4 is 10.8 Å². The lowest BCUT2D eigenvalue weighted by Crippen LogP contribution is -2.42. The fourth-order valence-electron chi connectivity index (χ4n) is 1.45. The second-order valence-electron chi connectivity index (χ2n) is 4.21. The van der Waals surface area contributed by atoms with Gasteiger partial charge in [-0.05, 0) is 12.8 Å². The normalized spacial score (nSPS) is 11.8. The molecule has 1 amide bonds. The zero-order valence-corrected chi connectivity index (χ0v) is 11.6. The van der Waals surface area contributed by atoms with Crippen LogP contribution in [0.4, 0.5) is 0 Å². The first kappa shape index (κ1) is 18.3. The lowest BCUT2D eigenvalue weighted by atomic mass is 10.1. The van der Waals surface area contributed by atoms with Crippen molar-refractivity contribution in [3.8, 4) is 0 Å². The molecule has 0 saturated heterocycles. The zero-order chi connectivity index (χ0) is 15.4. The third-order valence-electron chi connectivity index (χ3n) is 2.41. The van der Waals surface area contributed by atoms with Gasteiger partial charge in [-0.25, -0.2) is 10.3 Å². The van der Waals surface area contributed by atoms with E-state index in [-0.39, 0.29) is 6.42 Å². The molecule has 0 aromatic heterocycles. The number of carbonyl (C=O) groups is 3. The van der Waals surface area contributed by atoms with E-state index in [1.807, 2.05) is 6.92 Å². The molecular weight excluding hydrogens is 268 g/mol. The van der Waals surface area contributed by atoms with Gasteiger partial charge in [0.2, 0.25) is 5.91 Å². The molecule has 0 fully saturated rings. The highest BCUT2D eigenvalue weighted by Gasteiger charge is 2.22. The van der Waals surface area contributed by atoms with Crippen LogP contribution in [0.1, 0.15) is 39.0 Å². The quantitative estimate of drug-likeness (QED) is 0.297. The molecule has 0 rings (SSSR count). The predicted octanol–water partition coefficient (Wildman–Crippen LogP) is 0.132. The average Bonchev–Trinajstić information content (AvgIpc) is 2.36. The van der Waals surface area contributed by atoms with Gasteiger partial charge in [-0.1, -0.05) is 13.3 Å². The maximum atomic E-state index is 11.5. The molecule has 0 radical (unpaired) electrons. The molecule has 20 heavy (non-hydrogen) atoms. The van der Waals surface area contributed by atoms with Crippen LogP contribution >= 0.6 is 0 Å². The van der Waals surface area contributed by atoms with Gasteiger partial charge in [-0.3, -0.25) is 9.59 Å². The second kappa shape index (κ2) is 11.2. The number of carboxylic acid groups (broad SMARTS) is 2. The molecule has 0 aliphatic heterocycles. The molecule has 0 bridgehead atoms. The number of hydroxylamine groups is 1. The van der Waals surface area contributed by atoms with E-state index in [0.29, 0.717) is 13.0 Å². The van der Waals surface area contributed by atoms with Crippen molar-refractivity contribution in [2.45, 2.75) is 45.1 Å². The Labute approximate surface area is 117 Å². The highest BCUT2D eigenvalue weighted by atomic mass is 16.6. The Morgan fingerprint density at radius 1 is 1.15 bits per heavy atom. The third-order valence-corrected chi connectivity index (χ3v) is 2.41. The van der Waals surface area contributed by atoms with Gasteiger partial charge in [0, 0.05) is 13.0 Å². The van der Waals surface area contributed by atoms with Gasteiger partial charge < -0.3 is 20.4 Å². The number of amides is 1. The van der Waals surface area contributed by atoms with E-state index in [9.17, 15) is 14.4 Å². The van der Waals surface area contributed by atoms with Crippen molar-refractivity contribution >= 4 is 17.8 Å². The molecule has 0 heterocycles. The Kier molecular flexibility index (Phi) is 10.2. The number of hydrogen-bond acceptors (Lipinski definition) is 5. The first-order valence-electron chi connectivity index (χ1n) is 6.56. The predicted molar refractivity (Wildman–Crippen MR) is 69.9 cm³/mol. The molecule has 1 unspecified atom stereocenters. The van der Waals surface area contributed by atoms with E-state index in [1.54, 1.807) is 0 Å². The van der Waals surface area contributed by atoms with E-state index < -0.39 is 30.3 Å². The summed E-state index contributed by atoms with van der Waals surface area (Å²) in [5.41, 5.74) is 2.70. The summed E-state index contributed by atoms with van der Waals surface area (Å²) in [4.78, 5) is 37.7. The largest absolute Gasteiger partial charge is 0.481 e. The average molecular weight is 290 g/mol. The first-order chi connectivity index (χ1) is 9.47. The molecule has 0 aromatic carbocycles. The fourth-order valence-corrected chi connectivity index (χ4v) is 1.45. The van der Waals surface area contributed by atoms with Crippen molar-refractivity contribution < 1.29 is 29.4 Å². The van der Waals surface area contributed by atoms with Gasteiger partial charge in [0.25, 0.3) is 0 Å². The lowest BCUT2D eigenvalue weighted by molar-refractivity contribution is -0.147. The summed E-state index contributed by atoms with van der Waals surface area (Å²) in [6.07, 6.45) is 1.70. The maximum Gasteiger partial charge on any atom is 0.326 e. The summed E-state index contributed by atoms with van der Waals surface area (Å²) in [6, 6.07) is -1.38. The SMILES string of the molecule is CCNOCCCCCC(=O)NC(CC(=O)O)C(=O)O. The first-order valence-corrected chi connectivity index (χ1v) is 6.56. The van der Waals surface area contributed by atoms with Crippen LogP contribution in [0.5, 0.6) is 0 Å². The highest BCUT2D eigenvalue weighted by Crippen LogP contribution is 2.01. The summed E-state index contributed by atoms with van der Waals surface area (Å²) >= 11 is 0. The summed E-state index contributed by atoms with van der Waals surface area (Å²) in [5.74, 6) is -3.07. The van der Waals surface area contributed by atoms with Crippen LogP contribution in [0, 0.1) is 0 Å². The number of aliphatic carboxylic acids is 2. The maximum absolute atomic E-state index is 11.5. The zero-order valence-electron chi connectivity index (χ0n) is 11.6. The smallest absolute Gasteiger partial charge is 0.326 e. The van der Waals surface area contributed by atoms with E-state index >= 15 is 0 Å². The van der Waals surface area contributed by atoms with Crippen LogP contribution in [0.25, 0.3) is 0 Å². The van der Waals surface area contributed by atoms with Crippen molar-refractivity contribution in [1.82, 2.24) is 10.8 Å². The van der Waals surface area contributed by atoms with E-state index in [1.165, 1.54) is 0 Å². The van der Waals surface area contributed by atoms with Crippen molar-refractivity contribution in [3.05, 3.63) is 0 Å². The van der Waals surface area contributed by atoms with Crippen LogP contribution in [-0.4, -0.2) is 47.3 Å². The Bertz CT molecular complexity index is 321. The molecule has 116 valence electrons. The van der Waals surface area contributed by atoms with Crippen molar-refractivity contribution in [2.75, 3.05) is 13.2 Å².